The Morgan fingerprint density at radius 1 is 0.947 bits per heavy atom. The second kappa shape index (κ2) is 6.29. The van der Waals surface area contributed by atoms with Gasteiger partial charge in [-0.25, -0.2) is 8.78 Å². The molecule has 19 heavy (non-hydrogen) atoms. The molecular formula is C15H15F2NO. The van der Waals surface area contributed by atoms with Crippen molar-refractivity contribution in [2.75, 3.05) is 7.05 Å². The van der Waals surface area contributed by atoms with Gasteiger partial charge in [-0.1, -0.05) is 24.3 Å². The lowest BCUT2D eigenvalue weighted by molar-refractivity contribution is 0.303. The van der Waals surface area contributed by atoms with Crippen molar-refractivity contribution in [1.29, 1.82) is 0 Å². The van der Waals surface area contributed by atoms with Crippen LogP contribution in [0.4, 0.5) is 8.78 Å². The summed E-state index contributed by atoms with van der Waals surface area (Å²) in [7, 11) is 1.89. The summed E-state index contributed by atoms with van der Waals surface area (Å²) < 4.78 is 31.1. The van der Waals surface area contributed by atoms with E-state index in [9.17, 15) is 8.78 Å². The second-order valence-electron chi connectivity index (χ2n) is 4.21. The van der Waals surface area contributed by atoms with Crippen LogP contribution in [0, 0.1) is 11.6 Å². The van der Waals surface area contributed by atoms with Crippen LogP contribution < -0.4 is 10.1 Å². The van der Waals surface area contributed by atoms with Crippen molar-refractivity contribution in [3.05, 3.63) is 65.2 Å². The Morgan fingerprint density at radius 2 is 1.63 bits per heavy atom. The smallest absolute Gasteiger partial charge is 0.162 e. The third-order valence-electron chi connectivity index (χ3n) is 2.70. The van der Waals surface area contributed by atoms with E-state index >= 15 is 0 Å². The van der Waals surface area contributed by atoms with Gasteiger partial charge in [0.2, 0.25) is 0 Å². The zero-order valence-corrected chi connectivity index (χ0v) is 10.6. The van der Waals surface area contributed by atoms with Crippen LogP contribution in [0.15, 0.2) is 42.5 Å². The minimum Gasteiger partial charge on any atom is -0.489 e. The summed E-state index contributed by atoms with van der Waals surface area (Å²) in [5.74, 6) is -1.45. The van der Waals surface area contributed by atoms with Gasteiger partial charge in [0.1, 0.15) is 12.4 Å². The Hall–Kier alpha value is -1.94. The molecule has 0 aliphatic rings. The molecule has 0 bridgehead atoms. The highest BCUT2D eigenvalue weighted by atomic mass is 19.2. The summed E-state index contributed by atoms with van der Waals surface area (Å²) in [6.07, 6.45) is 0. The highest BCUT2D eigenvalue weighted by Crippen LogP contribution is 2.17. The van der Waals surface area contributed by atoms with Crippen LogP contribution in [0.2, 0.25) is 0 Å². The van der Waals surface area contributed by atoms with Gasteiger partial charge in [0.25, 0.3) is 0 Å². The van der Waals surface area contributed by atoms with Crippen LogP contribution in [-0.2, 0) is 13.2 Å². The fourth-order valence-electron chi connectivity index (χ4n) is 1.69. The minimum absolute atomic E-state index is 0.318. The summed E-state index contributed by atoms with van der Waals surface area (Å²) >= 11 is 0. The number of nitrogens with one attached hydrogen (secondary N) is 1. The maximum absolute atomic E-state index is 13.0. The van der Waals surface area contributed by atoms with Crippen LogP contribution in [-0.4, -0.2) is 7.05 Å². The predicted molar refractivity (Wildman–Crippen MR) is 69.9 cm³/mol. The van der Waals surface area contributed by atoms with Gasteiger partial charge < -0.3 is 10.1 Å². The van der Waals surface area contributed by atoms with Crippen LogP contribution in [0.5, 0.6) is 5.75 Å². The molecule has 0 fully saturated rings. The van der Waals surface area contributed by atoms with E-state index < -0.39 is 11.6 Å². The molecule has 0 aromatic heterocycles. The number of hydrogen-bond donors (Lipinski definition) is 1. The number of rotatable bonds is 5. The van der Waals surface area contributed by atoms with E-state index in [0.717, 1.165) is 24.2 Å². The molecule has 1 N–H and O–H groups in total. The molecule has 2 aromatic rings. The van der Waals surface area contributed by atoms with Crippen LogP contribution in [0.1, 0.15) is 11.1 Å². The summed E-state index contributed by atoms with van der Waals surface area (Å²) in [5.41, 5.74) is 2.16. The third kappa shape index (κ3) is 3.76. The molecule has 0 atom stereocenters. The Bertz CT molecular complexity index is 540. The van der Waals surface area contributed by atoms with Crippen LogP contribution in [0.25, 0.3) is 0 Å². The summed E-state index contributed by atoms with van der Waals surface area (Å²) in [5, 5.41) is 3.06. The van der Waals surface area contributed by atoms with Gasteiger partial charge in [0, 0.05) is 12.6 Å². The molecule has 0 heterocycles. The van der Waals surface area contributed by atoms with E-state index in [-0.39, 0.29) is 0 Å². The number of halogens is 2. The van der Waals surface area contributed by atoms with Gasteiger partial charge >= 0.3 is 0 Å². The first kappa shape index (κ1) is 13.5. The first-order chi connectivity index (χ1) is 9.19. The van der Waals surface area contributed by atoms with Crippen molar-refractivity contribution >= 4 is 0 Å². The quantitative estimate of drug-likeness (QED) is 0.894. The molecule has 100 valence electrons. The molecule has 2 nitrogen and oxygen atoms in total. The SMILES string of the molecule is CNCc1ccc(COc2ccc(F)c(F)c2)cc1. The minimum atomic E-state index is -0.901. The molecule has 0 saturated heterocycles. The third-order valence-corrected chi connectivity index (χ3v) is 2.70. The molecule has 2 rings (SSSR count). The molecule has 0 saturated carbocycles. The topological polar surface area (TPSA) is 21.3 Å². The molecule has 4 heteroatoms. The molecular weight excluding hydrogens is 248 g/mol. The monoisotopic (exact) mass is 263 g/mol. The number of hydrogen-bond acceptors (Lipinski definition) is 2. The Balaban J connectivity index is 1.96. The Labute approximate surface area is 111 Å². The molecule has 0 spiro atoms. The molecule has 0 unspecified atom stereocenters. The summed E-state index contributed by atoms with van der Waals surface area (Å²) in [6, 6.07) is 11.4. The van der Waals surface area contributed by atoms with Crippen molar-refractivity contribution in [3.63, 3.8) is 0 Å². The molecule has 0 aliphatic carbocycles. The van der Waals surface area contributed by atoms with Crippen LogP contribution >= 0.6 is 0 Å². The normalized spacial score (nSPS) is 10.5. The fraction of sp³-hybridized carbons (Fsp3) is 0.200. The lowest BCUT2D eigenvalue weighted by Gasteiger charge is -2.07. The van der Waals surface area contributed by atoms with Crippen molar-refractivity contribution in [2.45, 2.75) is 13.2 Å². The van der Waals surface area contributed by atoms with Gasteiger partial charge in [-0.15, -0.1) is 0 Å². The van der Waals surface area contributed by atoms with E-state index in [4.69, 9.17) is 4.74 Å². The maximum atomic E-state index is 13.0. The zero-order chi connectivity index (χ0) is 13.7. The molecule has 0 amide bonds. The molecule has 0 radical (unpaired) electrons. The lowest BCUT2D eigenvalue weighted by Crippen LogP contribution is -2.05. The van der Waals surface area contributed by atoms with E-state index in [2.05, 4.69) is 5.32 Å². The Morgan fingerprint density at radius 3 is 2.26 bits per heavy atom. The standard InChI is InChI=1S/C15H15F2NO/c1-18-9-11-2-4-12(5-3-11)10-19-13-6-7-14(16)15(17)8-13/h2-8,18H,9-10H2,1H3. The number of ether oxygens (including phenoxy) is 1. The highest BCUT2D eigenvalue weighted by Gasteiger charge is 2.03. The van der Waals surface area contributed by atoms with E-state index in [0.29, 0.717) is 12.4 Å². The number of benzene rings is 2. The lowest BCUT2D eigenvalue weighted by atomic mass is 10.1. The van der Waals surface area contributed by atoms with Gasteiger partial charge in [-0.05, 0) is 30.3 Å². The van der Waals surface area contributed by atoms with Crippen molar-refractivity contribution in [3.8, 4) is 5.75 Å². The van der Waals surface area contributed by atoms with Gasteiger partial charge in [0.15, 0.2) is 11.6 Å². The Kier molecular flexibility index (Phi) is 4.47. The maximum Gasteiger partial charge on any atom is 0.162 e. The first-order valence-corrected chi connectivity index (χ1v) is 5.99. The van der Waals surface area contributed by atoms with Gasteiger partial charge in [0.05, 0.1) is 0 Å². The van der Waals surface area contributed by atoms with Crippen molar-refractivity contribution in [2.24, 2.45) is 0 Å². The second-order valence-corrected chi connectivity index (χ2v) is 4.21. The average molecular weight is 263 g/mol. The van der Waals surface area contributed by atoms with E-state index in [1.807, 2.05) is 31.3 Å². The zero-order valence-electron chi connectivity index (χ0n) is 10.6. The predicted octanol–water partition coefficient (Wildman–Crippen LogP) is 3.26. The van der Waals surface area contributed by atoms with Gasteiger partial charge in [-0.2, -0.15) is 0 Å². The molecule has 2 aromatic carbocycles. The fourth-order valence-corrected chi connectivity index (χ4v) is 1.69. The van der Waals surface area contributed by atoms with Crippen molar-refractivity contribution < 1.29 is 13.5 Å². The van der Waals surface area contributed by atoms with Crippen LogP contribution in [0.3, 0.4) is 0 Å². The highest BCUT2D eigenvalue weighted by molar-refractivity contribution is 5.25. The summed E-state index contributed by atoms with van der Waals surface area (Å²) in [6.45, 7) is 1.13. The van der Waals surface area contributed by atoms with Gasteiger partial charge in [-0.3, -0.25) is 0 Å². The average Bonchev–Trinajstić information content (AvgIpc) is 2.42. The first-order valence-electron chi connectivity index (χ1n) is 5.99. The van der Waals surface area contributed by atoms with E-state index in [1.165, 1.54) is 11.6 Å². The van der Waals surface area contributed by atoms with Crippen molar-refractivity contribution in [1.82, 2.24) is 5.32 Å². The summed E-state index contributed by atoms with van der Waals surface area (Å²) in [4.78, 5) is 0. The van der Waals surface area contributed by atoms with E-state index in [1.54, 1.807) is 0 Å². The molecule has 0 aliphatic heterocycles. The largest absolute Gasteiger partial charge is 0.489 e.